The second-order valence-corrected chi connectivity index (χ2v) is 5.14. The average molecular weight is 265 g/mol. The number of nitrogens with zero attached hydrogens (tertiary/aromatic N) is 1. The average Bonchev–Trinajstić information content (AvgIpc) is 2.76. The van der Waals surface area contributed by atoms with E-state index in [0.717, 1.165) is 22.0 Å². The first kappa shape index (κ1) is 12.5. The second-order valence-electron chi connectivity index (χ2n) is 3.96. The van der Waals surface area contributed by atoms with Gasteiger partial charge in [0.2, 0.25) is 0 Å². The maximum atomic E-state index is 5.45. The number of aryl methyl sites for hydroxylation is 2. The number of thiol groups is 1. The molecule has 0 amide bonds. The Labute approximate surface area is 111 Å². The van der Waals surface area contributed by atoms with Gasteiger partial charge >= 0.3 is 0 Å². The SMILES string of the molecule is COc1cc(C)cc(C)c1-c1nc(CS)cs1. The third-order valence-electron chi connectivity index (χ3n) is 2.59. The number of methoxy groups -OCH3 is 1. The zero-order valence-corrected chi connectivity index (χ0v) is 11.9. The van der Waals surface area contributed by atoms with E-state index in [9.17, 15) is 0 Å². The highest BCUT2D eigenvalue weighted by Gasteiger charge is 2.13. The summed E-state index contributed by atoms with van der Waals surface area (Å²) in [4.78, 5) is 4.56. The summed E-state index contributed by atoms with van der Waals surface area (Å²) in [6, 6.07) is 4.20. The van der Waals surface area contributed by atoms with Crippen LogP contribution in [0.5, 0.6) is 5.75 Å². The van der Waals surface area contributed by atoms with E-state index < -0.39 is 0 Å². The summed E-state index contributed by atoms with van der Waals surface area (Å²) in [5.74, 6) is 1.56. The Bertz CT molecular complexity index is 534. The van der Waals surface area contributed by atoms with Crippen LogP contribution in [-0.2, 0) is 5.75 Å². The maximum absolute atomic E-state index is 5.45. The Morgan fingerprint density at radius 3 is 2.71 bits per heavy atom. The Kier molecular flexibility index (Phi) is 3.74. The lowest BCUT2D eigenvalue weighted by molar-refractivity contribution is 0.416. The quantitative estimate of drug-likeness (QED) is 0.851. The van der Waals surface area contributed by atoms with Gasteiger partial charge in [0, 0.05) is 11.1 Å². The van der Waals surface area contributed by atoms with Gasteiger partial charge in [0.1, 0.15) is 10.8 Å². The van der Waals surface area contributed by atoms with E-state index in [1.54, 1.807) is 18.4 Å². The number of benzene rings is 1. The van der Waals surface area contributed by atoms with Crippen molar-refractivity contribution in [3.8, 4) is 16.3 Å². The van der Waals surface area contributed by atoms with Crippen LogP contribution < -0.4 is 4.74 Å². The predicted molar refractivity (Wildman–Crippen MR) is 76.3 cm³/mol. The van der Waals surface area contributed by atoms with Crippen LogP contribution in [-0.4, -0.2) is 12.1 Å². The summed E-state index contributed by atoms with van der Waals surface area (Å²) in [6.07, 6.45) is 0. The molecule has 0 atom stereocenters. The first-order valence-corrected chi connectivity index (χ1v) is 6.87. The van der Waals surface area contributed by atoms with Gasteiger partial charge in [-0.3, -0.25) is 0 Å². The van der Waals surface area contributed by atoms with Crippen LogP contribution in [0.3, 0.4) is 0 Å². The molecule has 0 saturated carbocycles. The van der Waals surface area contributed by atoms with Crippen molar-refractivity contribution in [1.82, 2.24) is 4.98 Å². The molecule has 2 aromatic rings. The minimum atomic E-state index is 0.670. The number of hydrogen-bond acceptors (Lipinski definition) is 4. The normalized spacial score (nSPS) is 10.6. The highest BCUT2D eigenvalue weighted by Crippen LogP contribution is 2.36. The number of hydrogen-bond donors (Lipinski definition) is 1. The van der Waals surface area contributed by atoms with E-state index in [1.807, 2.05) is 11.4 Å². The van der Waals surface area contributed by atoms with Crippen molar-refractivity contribution in [3.05, 3.63) is 34.3 Å². The summed E-state index contributed by atoms with van der Waals surface area (Å²) in [5, 5.41) is 3.05. The van der Waals surface area contributed by atoms with Gasteiger partial charge in [-0.25, -0.2) is 4.98 Å². The standard InChI is InChI=1S/C13H15NOS2/c1-8-4-9(2)12(11(5-8)15-3)13-14-10(6-16)7-17-13/h4-5,7,16H,6H2,1-3H3. The van der Waals surface area contributed by atoms with Crippen molar-refractivity contribution in [3.63, 3.8) is 0 Å². The Morgan fingerprint density at radius 2 is 2.12 bits per heavy atom. The molecule has 0 bridgehead atoms. The van der Waals surface area contributed by atoms with Crippen LogP contribution >= 0.6 is 24.0 Å². The van der Waals surface area contributed by atoms with Crippen LogP contribution in [0, 0.1) is 13.8 Å². The third-order valence-corrected chi connectivity index (χ3v) is 3.82. The van der Waals surface area contributed by atoms with Gasteiger partial charge in [0.05, 0.1) is 18.4 Å². The fourth-order valence-electron chi connectivity index (χ4n) is 1.86. The van der Waals surface area contributed by atoms with Crippen molar-refractivity contribution < 1.29 is 4.74 Å². The third kappa shape index (κ3) is 2.48. The van der Waals surface area contributed by atoms with E-state index in [4.69, 9.17) is 4.74 Å². The summed E-state index contributed by atoms with van der Waals surface area (Å²) >= 11 is 5.88. The van der Waals surface area contributed by atoms with Gasteiger partial charge in [-0.1, -0.05) is 6.07 Å². The zero-order valence-electron chi connectivity index (χ0n) is 10.2. The van der Waals surface area contributed by atoms with Gasteiger partial charge in [0.15, 0.2) is 0 Å². The first-order valence-electron chi connectivity index (χ1n) is 5.36. The van der Waals surface area contributed by atoms with E-state index in [2.05, 4.69) is 37.5 Å². The van der Waals surface area contributed by atoms with Crippen LogP contribution in [0.25, 0.3) is 10.6 Å². The Morgan fingerprint density at radius 1 is 1.35 bits per heavy atom. The molecule has 1 aromatic heterocycles. The molecule has 0 unspecified atom stereocenters. The number of thiazole rings is 1. The second kappa shape index (κ2) is 5.10. The van der Waals surface area contributed by atoms with Gasteiger partial charge in [0.25, 0.3) is 0 Å². The first-order chi connectivity index (χ1) is 8.15. The lowest BCUT2D eigenvalue weighted by atomic mass is 10.0. The molecule has 0 fully saturated rings. The van der Waals surface area contributed by atoms with E-state index in [1.165, 1.54) is 11.1 Å². The van der Waals surface area contributed by atoms with Crippen molar-refractivity contribution in [2.45, 2.75) is 19.6 Å². The van der Waals surface area contributed by atoms with Gasteiger partial charge in [-0.05, 0) is 31.0 Å². The number of ether oxygens (including phenoxy) is 1. The summed E-state index contributed by atoms with van der Waals surface area (Å²) < 4.78 is 5.45. The summed E-state index contributed by atoms with van der Waals surface area (Å²) in [7, 11) is 1.70. The molecule has 2 rings (SSSR count). The van der Waals surface area contributed by atoms with Gasteiger partial charge in [-0.15, -0.1) is 11.3 Å². The van der Waals surface area contributed by atoms with E-state index in [-0.39, 0.29) is 0 Å². The molecular weight excluding hydrogens is 250 g/mol. The molecule has 4 heteroatoms. The van der Waals surface area contributed by atoms with Crippen molar-refractivity contribution in [2.75, 3.05) is 7.11 Å². The molecular formula is C13H15NOS2. The fourth-order valence-corrected chi connectivity index (χ4v) is 3.08. The predicted octanol–water partition coefficient (Wildman–Crippen LogP) is 3.87. The van der Waals surface area contributed by atoms with E-state index >= 15 is 0 Å². The topological polar surface area (TPSA) is 22.1 Å². The van der Waals surface area contributed by atoms with E-state index in [0.29, 0.717) is 5.75 Å². The van der Waals surface area contributed by atoms with Crippen LogP contribution in [0.15, 0.2) is 17.5 Å². The molecule has 0 aliphatic carbocycles. The van der Waals surface area contributed by atoms with Crippen LogP contribution in [0.4, 0.5) is 0 Å². The number of aromatic nitrogens is 1. The largest absolute Gasteiger partial charge is 0.496 e. The summed E-state index contributed by atoms with van der Waals surface area (Å²) in [5.41, 5.74) is 4.50. The van der Waals surface area contributed by atoms with Crippen molar-refractivity contribution in [2.24, 2.45) is 0 Å². The monoisotopic (exact) mass is 265 g/mol. The smallest absolute Gasteiger partial charge is 0.129 e. The highest BCUT2D eigenvalue weighted by atomic mass is 32.1. The molecule has 2 nitrogen and oxygen atoms in total. The van der Waals surface area contributed by atoms with Crippen molar-refractivity contribution >= 4 is 24.0 Å². The van der Waals surface area contributed by atoms with Crippen molar-refractivity contribution in [1.29, 1.82) is 0 Å². The molecule has 90 valence electrons. The summed E-state index contributed by atoms with van der Waals surface area (Å²) in [6.45, 7) is 4.16. The van der Waals surface area contributed by atoms with Gasteiger partial charge in [-0.2, -0.15) is 12.6 Å². The molecule has 17 heavy (non-hydrogen) atoms. The molecule has 1 aromatic carbocycles. The lowest BCUT2D eigenvalue weighted by Crippen LogP contribution is -1.92. The minimum Gasteiger partial charge on any atom is -0.496 e. The molecule has 1 heterocycles. The maximum Gasteiger partial charge on any atom is 0.129 e. The fraction of sp³-hybridized carbons (Fsp3) is 0.308. The highest BCUT2D eigenvalue weighted by molar-refractivity contribution is 7.79. The molecule has 0 saturated heterocycles. The Balaban J connectivity index is 2.57. The van der Waals surface area contributed by atoms with Gasteiger partial charge < -0.3 is 4.74 Å². The molecule has 0 spiro atoms. The molecule has 0 aliphatic rings. The molecule has 0 aliphatic heterocycles. The molecule has 0 radical (unpaired) electrons. The van der Waals surface area contributed by atoms with Crippen LogP contribution in [0.2, 0.25) is 0 Å². The number of rotatable bonds is 3. The minimum absolute atomic E-state index is 0.670. The zero-order chi connectivity index (χ0) is 12.4. The lowest BCUT2D eigenvalue weighted by Gasteiger charge is -2.10. The van der Waals surface area contributed by atoms with Crippen LogP contribution in [0.1, 0.15) is 16.8 Å². The molecule has 0 N–H and O–H groups in total. The Hall–Kier alpha value is -1.000.